The highest BCUT2D eigenvalue weighted by Gasteiger charge is 2.28. The molecule has 0 radical (unpaired) electrons. The Balaban J connectivity index is 1.63. The van der Waals surface area contributed by atoms with Gasteiger partial charge in [0.2, 0.25) is 6.41 Å². The number of hydrogen-bond acceptors (Lipinski definition) is 8. The summed E-state index contributed by atoms with van der Waals surface area (Å²) in [5.74, 6) is -0.725. The molecule has 0 bridgehead atoms. The van der Waals surface area contributed by atoms with Crippen LogP contribution in [0.3, 0.4) is 0 Å². The third kappa shape index (κ3) is 5.32. The first-order valence-electron chi connectivity index (χ1n) is 12.3. The van der Waals surface area contributed by atoms with Gasteiger partial charge in [0.15, 0.2) is 5.82 Å². The Morgan fingerprint density at radius 3 is 2.54 bits per heavy atom. The minimum absolute atomic E-state index is 0.0492. The maximum absolute atomic E-state index is 16.2. The van der Waals surface area contributed by atoms with Gasteiger partial charge in [-0.25, -0.2) is 28.7 Å². The Kier molecular flexibility index (Phi) is 7.53. The molecule has 39 heavy (non-hydrogen) atoms. The Labute approximate surface area is 228 Å². The van der Waals surface area contributed by atoms with E-state index in [9.17, 15) is 14.3 Å². The molecule has 1 N–H and O–H groups in total. The molecule has 0 spiro atoms. The van der Waals surface area contributed by atoms with Crippen molar-refractivity contribution < 1.29 is 18.7 Å². The number of amides is 1. The number of aromatic nitrogens is 4. The second-order valence-corrected chi connectivity index (χ2v) is 9.92. The first kappa shape index (κ1) is 26.6. The van der Waals surface area contributed by atoms with E-state index in [1.165, 1.54) is 18.2 Å². The Morgan fingerprint density at radius 1 is 1.10 bits per heavy atom. The number of benzene rings is 2. The largest absolute Gasteiger partial charge is 0.507 e. The second kappa shape index (κ2) is 11.0. The van der Waals surface area contributed by atoms with Gasteiger partial charge < -0.3 is 14.9 Å². The van der Waals surface area contributed by atoms with Crippen LogP contribution in [0.15, 0.2) is 42.7 Å². The standard InChI is InChI=1S/C27H26ClF2N7O2/c1-16-12-36(9-10-37(16)15-38)27-17-11-18(28)23(24-19(29)5-3-6-20(24)39)25(30)26(17)33-22(34-27)14-35(2)13-21-31-7-4-8-32-21/h3-8,11,15-16,39H,9-10,12-14H2,1-2H3/t16-/m1/s1. The van der Waals surface area contributed by atoms with Gasteiger partial charge in [0.1, 0.15) is 34.6 Å². The summed E-state index contributed by atoms with van der Waals surface area (Å²) in [4.78, 5) is 34.8. The fraction of sp³-hybridized carbons (Fsp3) is 0.296. The summed E-state index contributed by atoms with van der Waals surface area (Å²) in [5, 5.41) is 10.6. The van der Waals surface area contributed by atoms with Gasteiger partial charge in [-0.05, 0) is 38.2 Å². The molecule has 0 saturated carbocycles. The third-order valence-corrected chi connectivity index (χ3v) is 7.00. The number of aromatic hydroxyl groups is 1. The molecule has 5 rings (SSSR count). The van der Waals surface area contributed by atoms with Crippen LogP contribution >= 0.6 is 11.6 Å². The van der Waals surface area contributed by atoms with Crippen molar-refractivity contribution in [2.45, 2.75) is 26.1 Å². The Hall–Kier alpha value is -3.96. The average molecular weight is 554 g/mol. The molecule has 1 saturated heterocycles. The molecule has 1 fully saturated rings. The van der Waals surface area contributed by atoms with E-state index in [-0.39, 0.29) is 34.3 Å². The zero-order valence-corrected chi connectivity index (χ0v) is 22.1. The van der Waals surface area contributed by atoms with Gasteiger partial charge >= 0.3 is 0 Å². The molecule has 1 atom stereocenters. The minimum atomic E-state index is -0.864. The number of anilines is 1. The normalized spacial score (nSPS) is 15.8. The second-order valence-electron chi connectivity index (χ2n) is 9.52. The van der Waals surface area contributed by atoms with Crippen LogP contribution in [-0.2, 0) is 17.9 Å². The quantitative estimate of drug-likeness (QED) is 0.343. The number of carbonyl (C=O) groups is 1. The van der Waals surface area contributed by atoms with Crippen molar-refractivity contribution in [1.82, 2.24) is 29.7 Å². The number of carbonyl (C=O) groups excluding carboxylic acids is 1. The summed E-state index contributed by atoms with van der Waals surface area (Å²) in [5.41, 5.74) is -0.664. The van der Waals surface area contributed by atoms with Crippen LogP contribution in [0.4, 0.5) is 14.6 Å². The molecule has 3 heterocycles. The zero-order chi connectivity index (χ0) is 27.7. The van der Waals surface area contributed by atoms with Crippen LogP contribution in [0.1, 0.15) is 18.6 Å². The van der Waals surface area contributed by atoms with E-state index in [2.05, 4.69) is 15.0 Å². The van der Waals surface area contributed by atoms with Gasteiger partial charge in [-0.1, -0.05) is 17.7 Å². The van der Waals surface area contributed by atoms with Gasteiger partial charge in [-0.2, -0.15) is 0 Å². The SMILES string of the molecule is C[C@@H]1CN(c2nc(CN(C)Cc3ncccn3)nc3c(F)c(-c4c(O)cccc4F)c(Cl)cc23)CCN1C=O. The van der Waals surface area contributed by atoms with Crippen molar-refractivity contribution in [3.63, 3.8) is 0 Å². The van der Waals surface area contributed by atoms with Gasteiger partial charge in [0, 0.05) is 49.0 Å². The van der Waals surface area contributed by atoms with Crippen molar-refractivity contribution >= 4 is 34.7 Å². The summed E-state index contributed by atoms with van der Waals surface area (Å²) >= 11 is 6.52. The van der Waals surface area contributed by atoms with Crippen LogP contribution in [0, 0.1) is 11.6 Å². The number of phenolic OH excluding ortho intramolecular Hbond substituents is 1. The highest BCUT2D eigenvalue weighted by atomic mass is 35.5. The topological polar surface area (TPSA) is 98.6 Å². The lowest BCUT2D eigenvalue weighted by atomic mass is 10.0. The van der Waals surface area contributed by atoms with Crippen LogP contribution in [0.2, 0.25) is 5.02 Å². The van der Waals surface area contributed by atoms with Gasteiger partial charge in [-0.15, -0.1) is 0 Å². The van der Waals surface area contributed by atoms with Crippen molar-refractivity contribution in [2.75, 3.05) is 31.6 Å². The highest BCUT2D eigenvalue weighted by molar-refractivity contribution is 6.34. The summed E-state index contributed by atoms with van der Waals surface area (Å²) in [6.07, 6.45) is 4.12. The van der Waals surface area contributed by atoms with Gasteiger partial charge in [0.05, 0.1) is 23.7 Å². The van der Waals surface area contributed by atoms with Crippen molar-refractivity contribution in [3.8, 4) is 16.9 Å². The third-order valence-electron chi connectivity index (χ3n) is 6.71. The number of fused-ring (bicyclic) bond motifs is 1. The summed E-state index contributed by atoms with van der Waals surface area (Å²) < 4.78 is 31.0. The monoisotopic (exact) mass is 553 g/mol. The lowest BCUT2D eigenvalue weighted by Crippen LogP contribution is -2.51. The van der Waals surface area contributed by atoms with Crippen molar-refractivity contribution in [2.24, 2.45) is 0 Å². The fourth-order valence-corrected chi connectivity index (χ4v) is 5.08. The van der Waals surface area contributed by atoms with E-state index in [0.29, 0.717) is 49.0 Å². The highest BCUT2D eigenvalue weighted by Crippen LogP contribution is 2.42. The summed E-state index contributed by atoms with van der Waals surface area (Å²) in [7, 11) is 1.84. The lowest BCUT2D eigenvalue weighted by Gasteiger charge is -2.39. The molecule has 202 valence electrons. The lowest BCUT2D eigenvalue weighted by molar-refractivity contribution is -0.120. The van der Waals surface area contributed by atoms with Crippen LogP contribution in [0.25, 0.3) is 22.0 Å². The first-order valence-corrected chi connectivity index (χ1v) is 12.7. The van der Waals surface area contributed by atoms with E-state index >= 15 is 4.39 Å². The van der Waals surface area contributed by atoms with Crippen LogP contribution in [0.5, 0.6) is 5.75 Å². The molecule has 0 unspecified atom stereocenters. The summed E-state index contributed by atoms with van der Waals surface area (Å²) in [6, 6.07) is 6.85. The maximum Gasteiger partial charge on any atom is 0.210 e. The first-order chi connectivity index (χ1) is 18.8. The van der Waals surface area contributed by atoms with E-state index < -0.39 is 17.4 Å². The Bertz CT molecular complexity index is 1510. The number of phenols is 1. The molecule has 1 aliphatic heterocycles. The molecule has 2 aromatic heterocycles. The number of piperazine rings is 1. The average Bonchev–Trinajstić information content (AvgIpc) is 2.91. The molecule has 4 aromatic rings. The fourth-order valence-electron chi connectivity index (χ4n) is 4.80. The van der Waals surface area contributed by atoms with Crippen molar-refractivity contribution in [3.05, 3.63) is 71.0 Å². The molecule has 1 aliphatic rings. The van der Waals surface area contributed by atoms with Crippen LogP contribution in [-0.4, -0.2) is 74.0 Å². The van der Waals surface area contributed by atoms with Crippen molar-refractivity contribution in [1.29, 1.82) is 0 Å². The number of hydrogen-bond donors (Lipinski definition) is 1. The molecule has 9 nitrogen and oxygen atoms in total. The number of nitrogens with zero attached hydrogens (tertiary/aromatic N) is 7. The van der Waals surface area contributed by atoms with Gasteiger partial charge in [0.25, 0.3) is 0 Å². The van der Waals surface area contributed by atoms with E-state index in [1.807, 2.05) is 23.8 Å². The molecule has 1 amide bonds. The predicted octanol–water partition coefficient (Wildman–Crippen LogP) is 4.02. The van der Waals surface area contributed by atoms with Gasteiger partial charge in [-0.3, -0.25) is 9.69 Å². The molecule has 0 aliphatic carbocycles. The molecule has 2 aromatic carbocycles. The van der Waals surface area contributed by atoms with E-state index in [4.69, 9.17) is 16.6 Å². The van der Waals surface area contributed by atoms with Crippen LogP contribution < -0.4 is 4.90 Å². The minimum Gasteiger partial charge on any atom is -0.507 e. The number of rotatable bonds is 7. The zero-order valence-electron chi connectivity index (χ0n) is 21.4. The van der Waals surface area contributed by atoms with E-state index in [0.717, 1.165) is 12.5 Å². The Morgan fingerprint density at radius 2 is 1.85 bits per heavy atom. The maximum atomic E-state index is 16.2. The number of halogens is 3. The predicted molar refractivity (Wildman–Crippen MR) is 143 cm³/mol. The molecule has 12 heteroatoms. The molecular weight excluding hydrogens is 528 g/mol. The van der Waals surface area contributed by atoms with E-state index in [1.54, 1.807) is 23.4 Å². The smallest absolute Gasteiger partial charge is 0.210 e. The summed E-state index contributed by atoms with van der Waals surface area (Å²) in [6.45, 7) is 3.97. The molecular formula is C27H26ClF2N7O2.